The number of benzene rings is 2. The summed E-state index contributed by atoms with van der Waals surface area (Å²) < 4.78 is 0. The highest BCUT2D eigenvalue weighted by Gasteiger charge is 2.22. The molecule has 0 atom stereocenters. The minimum absolute atomic E-state index is 0.0200. The van der Waals surface area contributed by atoms with Crippen molar-refractivity contribution in [1.82, 2.24) is 0 Å². The Kier molecular flexibility index (Phi) is 3.84. The van der Waals surface area contributed by atoms with Crippen LogP contribution in [0.3, 0.4) is 0 Å². The van der Waals surface area contributed by atoms with Crippen molar-refractivity contribution in [2.75, 3.05) is 11.5 Å². The summed E-state index contributed by atoms with van der Waals surface area (Å²) in [5.74, 6) is 0. The zero-order valence-electron chi connectivity index (χ0n) is 12.2. The van der Waals surface area contributed by atoms with Crippen molar-refractivity contribution < 1.29 is 0 Å². The van der Waals surface area contributed by atoms with Gasteiger partial charge in [-0.2, -0.15) is 0 Å². The second kappa shape index (κ2) is 5.41. The summed E-state index contributed by atoms with van der Waals surface area (Å²) in [6.45, 7) is 8.66. The maximum atomic E-state index is 5.75. The fourth-order valence-corrected chi connectivity index (χ4v) is 2.39. The molecule has 0 heterocycles. The van der Waals surface area contributed by atoms with E-state index in [1.807, 2.05) is 36.4 Å². The third-order valence-corrected chi connectivity index (χ3v) is 3.67. The average Bonchev–Trinajstić information content (AvgIpc) is 2.39. The standard InChI is InChI=1S/C18H22N2/c1-13(14-4-8-16(19)9-5-14)12-18(2,3)15-6-10-17(20)11-7-15/h4-11H,1,12,19-20H2,2-3H3. The molecule has 0 saturated carbocycles. The Morgan fingerprint density at radius 2 is 1.35 bits per heavy atom. The van der Waals surface area contributed by atoms with Crippen LogP contribution >= 0.6 is 0 Å². The molecule has 2 aromatic carbocycles. The molecule has 2 aromatic rings. The number of hydrogen-bond donors (Lipinski definition) is 2. The molecule has 0 aliphatic carbocycles. The molecule has 2 rings (SSSR count). The molecule has 0 fully saturated rings. The van der Waals surface area contributed by atoms with Gasteiger partial charge in [0.05, 0.1) is 0 Å². The summed E-state index contributed by atoms with van der Waals surface area (Å²) in [6, 6.07) is 15.9. The lowest BCUT2D eigenvalue weighted by Gasteiger charge is -2.26. The molecule has 0 spiro atoms. The highest BCUT2D eigenvalue weighted by molar-refractivity contribution is 5.66. The number of nitrogen functional groups attached to an aromatic ring is 2. The summed E-state index contributed by atoms with van der Waals surface area (Å²) in [7, 11) is 0. The summed E-state index contributed by atoms with van der Waals surface area (Å²) >= 11 is 0. The van der Waals surface area contributed by atoms with Gasteiger partial charge in [0.15, 0.2) is 0 Å². The molecule has 0 radical (unpaired) electrons. The molecular weight excluding hydrogens is 244 g/mol. The van der Waals surface area contributed by atoms with Gasteiger partial charge in [-0.15, -0.1) is 0 Å². The minimum Gasteiger partial charge on any atom is -0.399 e. The topological polar surface area (TPSA) is 52.0 Å². The van der Waals surface area contributed by atoms with Crippen LogP contribution in [0.4, 0.5) is 11.4 Å². The van der Waals surface area contributed by atoms with E-state index in [2.05, 4.69) is 32.6 Å². The number of hydrogen-bond acceptors (Lipinski definition) is 2. The van der Waals surface area contributed by atoms with Crippen molar-refractivity contribution in [1.29, 1.82) is 0 Å². The van der Waals surface area contributed by atoms with Crippen LogP contribution in [0.2, 0.25) is 0 Å². The van der Waals surface area contributed by atoms with Crippen LogP contribution in [-0.2, 0) is 5.41 Å². The van der Waals surface area contributed by atoms with Gasteiger partial charge >= 0.3 is 0 Å². The molecular formula is C18H22N2. The Morgan fingerprint density at radius 3 is 1.85 bits per heavy atom. The van der Waals surface area contributed by atoms with Gasteiger partial charge in [-0.1, -0.05) is 44.7 Å². The highest BCUT2D eigenvalue weighted by atomic mass is 14.5. The van der Waals surface area contributed by atoms with Gasteiger partial charge in [-0.3, -0.25) is 0 Å². The first-order valence-corrected chi connectivity index (χ1v) is 6.78. The second-order valence-electron chi connectivity index (χ2n) is 5.91. The Bertz CT molecular complexity index is 592. The largest absolute Gasteiger partial charge is 0.399 e. The Labute approximate surface area is 121 Å². The molecule has 0 aliphatic heterocycles. The van der Waals surface area contributed by atoms with Crippen LogP contribution < -0.4 is 11.5 Å². The van der Waals surface area contributed by atoms with Crippen molar-refractivity contribution in [2.45, 2.75) is 25.7 Å². The van der Waals surface area contributed by atoms with Crippen molar-refractivity contribution in [3.63, 3.8) is 0 Å². The predicted molar refractivity (Wildman–Crippen MR) is 88.4 cm³/mol. The monoisotopic (exact) mass is 266 g/mol. The lowest BCUT2D eigenvalue weighted by Crippen LogP contribution is -2.17. The van der Waals surface area contributed by atoms with Gasteiger partial charge in [0.1, 0.15) is 0 Å². The molecule has 0 bridgehead atoms. The number of rotatable bonds is 4. The number of allylic oxidation sites excluding steroid dienone is 1. The van der Waals surface area contributed by atoms with Crippen molar-refractivity contribution >= 4 is 16.9 Å². The number of anilines is 2. The van der Waals surface area contributed by atoms with Crippen LogP contribution in [0.25, 0.3) is 5.57 Å². The Hall–Kier alpha value is -2.22. The first kappa shape index (κ1) is 14.2. The molecule has 2 nitrogen and oxygen atoms in total. The second-order valence-corrected chi connectivity index (χ2v) is 5.91. The van der Waals surface area contributed by atoms with Crippen molar-refractivity contribution in [3.8, 4) is 0 Å². The highest BCUT2D eigenvalue weighted by Crippen LogP contribution is 2.34. The van der Waals surface area contributed by atoms with E-state index >= 15 is 0 Å². The average molecular weight is 266 g/mol. The van der Waals surface area contributed by atoms with E-state index < -0.39 is 0 Å². The molecule has 0 aliphatic rings. The Balaban J connectivity index is 2.17. The molecule has 0 unspecified atom stereocenters. The van der Waals surface area contributed by atoms with Crippen molar-refractivity contribution in [2.24, 2.45) is 0 Å². The summed E-state index contributed by atoms with van der Waals surface area (Å²) in [4.78, 5) is 0. The van der Waals surface area contributed by atoms with Gasteiger partial charge < -0.3 is 11.5 Å². The van der Waals surface area contributed by atoms with E-state index in [0.29, 0.717) is 0 Å². The maximum Gasteiger partial charge on any atom is 0.0314 e. The molecule has 104 valence electrons. The first-order valence-electron chi connectivity index (χ1n) is 6.78. The van der Waals surface area contributed by atoms with Gasteiger partial charge in [-0.25, -0.2) is 0 Å². The maximum absolute atomic E-state index is 5.75. The third kappa shape index (κ3) is 3.21. The van der Waals surface area contributed by atoms with Crippen molar-refractivity contribution in [3.05, 3.63) is 66.2 Å². The molecule has 4 N–H and O–H groups in total. The van der Waals surface area contributed by atoms with Gasteiger partial charge in [-0.05, 0) is 52.8 Å². The lowest BCUT2D eigenvalue weighted by molar-refractivity contribution is 0.542. The van der Waals surface area contributed by atoms with E-state index in [1.165, 1.54) is 5.56 Å². The minimum atomic E-state index is 0.0200. The normalized spacial score (nSPS) is 11.3. The Morgan fingerprint density at radius 1 is 0.900 bits per heavy atom. The lowest BCUT2D eigenvalue weighted by atomic mass is 9.78. The molecule has 0 amide bonds. The molecule has 0 saturated heterocycles. The first-order chi connectivity index (χ1) is 9.38. The van der Waals surface area contributed by atoms with E-state index in [1.54, 1.807) is 0 Å². The summed E-state index contributed by atoms with van der Waals surface area (Å²) in [5, 5.41) is 0. The van der Waals surface area contributed by atoms with Gasteiger partial charge in [0.2, 0.25) is 0 Å². The summed E-state index contributed by atoms with van der Waals surface area (Å²) in [6.07, 6.45) is 0.890. The molecule has 20 heavy (non-hydrogen) atoms. The van der Waals surface area contributed by atoms with Gasteiger partial charge in [0, 0.05) is 11.4 Å². The predicted octanol–water partition coefficient (Wildman–Crippen LogP) is 4.23. The zero-order chi connectivity index (χ0) is 14.8. The molecule has 0 aromatic heterocycles. The fourth-order valence-electron chi connectivity index (χ4n) is 2.39. The van der Waals surface area contributed by atoms with Crippen LogP contribution in [-0.4, -0.2) is 0 Å². The quantitative estimate of drug-likeness (QED) is 0.813. The van der Waals surface area contributed by atoms with Crippen LogP contribution in [0, 0.1) is 0 Å². The van der Waals surface area contributed by atoms with E-state index in [-0.39, 0.29) is 5.41 Å². The van der Waals surface area contributed by atoms with Gasteiger partial charge in [0.25, 0.3) is 0 Å². The fraction of sp³-hybridized carbons (Fsp3) is 0.222. The summed E-state index contributed by atoms with van der Waals surface area (Å²) in [5.41, 5.74) is 16.6. The number of nitrogens with two attached hydrogens (primary N) is 2. The van der Waals surface area contributed by atoms with Crippen LogP contribution in [0.1, 0.15) is 31.4 Å². The van der Waals surface area contributed by atoms with Crippen LogP contribution in [0.5, 0.6) is 0 Å². The van der Waals surface area contributed by atoms with E-state index in [9.17, 15) is 0 Å². The zero-order valence-corrected chi connectivity index (χ0v) is 12.2. The van der Waals surface area contributed by atoms with Crippen LogP contribution in [0.15, 0.2) is 55.1 Å². The van der Waals surface area contributed by atoms with E-state index in [0.717, 1.165) is 28.9 Å². The SMILES string of the molecule is C=C(CC(C)(C)c1ccc(N)cc1)c1ccc(N)cc1. The molecule has 2 heteroatoms. The smallest absolute Gasteiger partial charge is 0.0314 e. The third-order valence-electron chi connectivity index (χ3n) is 3.67. The van der Waals surface area contributed by atoms with E-state index in [4.69, 9.17) is 11.5 Å².